The second kappa shape index (κ2) is 9.87. The minimum Gasteiger partial charge on any atom is -0.481 e. The van der Waals surface area contributed by atoms with E-state index in [-0.39, 0.29) is 11.5 Å². The zero-order valence-corrected chi connectivity index (χ0v) is 17.6. The summed E-state index contributed by atoms with van der Waals surface area (Å²) in [7, 11) is 0. The third-order valence-corrected chi connectivity index (χ3v) is 5.01. The zero-order valence-electron chi connectivity index (χ0n) is 17.6. The van der Waals surface area contributed by atoms with Crippen LogP contribution in [0.2, 0.25) is 0 Å². The van der Waals surface area contributed by atoms with Gasteiger partial charge in [0, 0.05) is 24.7 Å². The topological polar surface area (TPSA) is 73.2 Å². The number of hydrogen-bond acceptors (Lipinski definition) is 4. The predicted molar refractivity (Wildman–Crippen MR) is 118 cm³/mol. The molecule has 1 N–H and O–H groups in total. The Morgan fingerprint density at radius 1 is 1.07 bits per heavy atom. The summed E-state index contributed by atoms with van der Waals surface area (Å²) in [4.78, 5) is 24.4. The fourth-order valence-corrected chi connectivity index (χ4v) is 3.05. The van der Waals surface area contributed by atoms with Crippen LogP contribution in [-0.2, 0) is 11.3 Å². The van der Waals surface area contributed by atoms with Gasteiger partial charge in [0.05, 0.1) is 5.69 Å². The molecule has 3 aromatic rings. The number of aryl methyl sites for hydroxylation is 2. The van der Waals surface area contributed by atoms with Gasteiger partial charge in [-0.2, -0.15) is 5.10 Å². The Morgan fingerprint density at radius 2 is 1.83 bits per heavy atom. The van der Waals surface area contributed by atoms with Crippen molar-refractivity contribution in [3.05, 3.63) is 82.1 Å². The second-order valence-electron chi connectivity index (χ2n) is 7.25. The van der Waals surface area contributed by atoms with Crippen molar-refractivity contribution in [1.82, 2.24) is 15.1 Å². The fourth-order valence-electron chi connectivity index (χ4n) is 3.05. The summed E-state index contributed by atoms with van der Waals surface area (Å²) in [6.45, 7) is 6.57. The molecule has 0 aliphatic rings. The maximum absolute atomic E-state index is 12.3. The summed E-state index contributed by atoms with van der Waals surface area (Å²) in [6.07, 6.45) is -0.0136. The lowest BCUT2D eigenvalue weighted by atomic mass is 10.1. The smallest absolute Gasteiger partial charge is 0.266 e. The van der Waals surface area contributed by atoms with Gasteiger partial charge in [-0.15, -0.1) is 0 Å². The number of benzene rings is 2. The summed E-state index contributed by atoms with van der Waals surface area (Å²) >= 11 is 0. The predicted octanol–water partition coefficient (Wildman–Crippen LogP) is 3.50. The Morgan fingerprint density at radius 3 is 2.60 bits per heavy atom. The molecule has 1 amide bonds. The number of nitrogens with one attached hydrogen (secondary N) is 1. The SMILES string of the molecule is Cc1cccc(O[C@H](C)C(=O)NCCCn2nc(-c3ccccc3)ccc2=O)c1C. The number of carbonyl (C=O) groups excluding carboxylic acids is 1. The lowest BCUT2D eigenvalue weighted by Crippen LogP contribution is -2.37. The van der Waals surface area contributed by atoms with Gasteiger partial charge in [0.2, 0.25) is 0 Å². The molecule has 30 heavy (non-hydrogen) atoms. The van der Waals surface area contributed by atoms with Crippen LogP contribution in [-0.4, -0.2) is 28.3 Å². The molecule has 0 saturated heterocycles. The van der Waals surface area contributed by atoms with Gasteiger partial charge in [-0.1, -0.05) is 42.5 Å². The van der Waals surface area contributed by atoms with Crippen LogP contribution < -0.4 is 15.6 Å². The molecule has 156 valence electrons. The van der Waals surface area contributed by atoms with Crippen LogP contribution in [0.25, 0.3) is 11.3 Å². The van der Waals surface area contributed by atoms with Crippen molar-refractivity contribution >= 4 is 5.91 Å². The van der Waals surface area contributed by atoms with E-state index in [1.807, 2.05) is 62.4 Å². The number of nitrogens with zero attached hydrogens (tertiary/aromatic N) is 2. The number of rotatable bonds is 8. The van der Waals surface area contributed by atoms with Crippen LogP contribution in [0.5, 0.6) is 5.75 Å². The van der Waals surface area contributed by atoms with Crippen molar-refractivity contribution in [1.29, 1.82) is 0 Å². The van der Waals surface area contributed by atoms with Gasteiger partial charge in [0.1, 0.15) is 5.75 Å². The molecule has 0 fully saturated rings. The van der Waals surface area contributed by atoms with Crippen molar-refractivity contribution in [2.75, 3.05) is 6.54 Å². The molecule has 0 radical (unpaired) electrons. The van der Waals surface area contributed by atoms with Crippen molar-refractivity contribution in [2.24, 2.45) is 0 Å². The molecular weight excluding hydrogens is 378 g/mol. The highest BCUT2D eigenvalue weighted by molar-refractivity contribution is 5.80. The minimum atomic E-state index is -0.604. The molecule has 0 spiro atoms. The largest absolute Gasteiger partial charge is 0.481 e. The Hall–Kier alpha value is -3.41. The van der Waals surface area contributed by atoms with E-state index < -0.39 is 6.10 Å². The Labute approximate surface area is 176 Å². The van der Waals surface area contributed by atoms with Gasteiger partial charge >= 0.3 is 0 Å². The molecule has 3 rings (SSSR count). The summed E-state index contributed by atoms with van der Waals surface area (Å²) < 4.78 is 7.24. The summed E-state index contributed by atoms with van der Waals surface area (Å²) in [6, 6.07) is 18.7. The Balaban J connectivity index is 1.51. The first-order chi connectivity index (χ1) is 14.5. The third-order valence-electron chi connectivity index (χ3n) is 5.01. The molecule has 0 bridgehead atoms. The monoisotopic (exact) mass is 405 g/mol. The standard InChI is InChI=1S/C24H27N3O3/c1-17-9-7-12-22(18(17)2)30-19(3)24(29)25-15-8-16-27-23(28)14-13-21(26-27)20-10-5-4-6-11-20/h4-7,9-14,19H,8,15-16H2,1-3H3,(H,25,29)/t19-/m1/s1. The molecule has 6 heteroatoms. The molecule has 1 atom stereocenters. The van der Waals surface area contributed by atoms with Gasteiger partial charge in [-0.25, -0.2) is 4.68 Å². The molecule has 6 nitrogen and oxygen atoms in total. The van der Waals surface area contributed by atoms with Crippen LogP contribution >= 0.6 is 0 Å². The lowest BCUT2D eigenvalue weighted by molar-refractivity contribution is -0.127. The Kier molecular flexibility index (Phi) is 7.01. The number of carbonyl (C=O) groups is 1. The van der Waals surface area contributed by atoms with Crippen LogP contribution in [0.1, 0.15) is 24.5 Å². The highest BCUT2D eigenvalue weighted by atomic mass is 16.5. The quantitative estimate of drug-likeness (QED) is 0.582. The summed E-state index contributed by atoms with van der Waals surface area (Å²) in [5, 5.41) is 7.30. The van der Waals surface area contributed by atoms with E-state index in [1.54, 1.807) is 13.0 Å². The van der Waals surface area contributed by atoms with E-state index in [0.29, 0.717) is 25.3 Å². The van der Waals surface area contributed by atoms with E-state index in [2.05, 4.69) is 10.4 Å². The minimum absolute atomic E-state index is 0.160. The van der Waals surface area contributed by atoms with E-state index in [4.69, 9.17) is 4.74 Å². The maximum Gasteiger partial charge on any atom is 0.266 e. The Bertz CT molecular complexity index is 1060. The van der Waals surface area contributed by atoms with Crippen LogP contribution in [0.3, 0.4) is 0 Å². The van der Waals surface area contributed by atoms with Gasteiger partial charge < -0.3 is 10.1 Å². The fraction of sp³-hybridized carbons (Fsp3) is 0.292. The molecular formula is C24H27N3O3. The molecule has 0 aliphatic carbocycles. The van der Waals surface area contributed by atoms with E-state index >= 15 is 0 Å². The van der Waals surface area contributed by atoms with Gasteiger partial charge in [-0.3, -0.25) is 9.59 Å². The number of ether oxygens (including phenoxy) is 1. The zero-order chi connectivity index (χ0) is 21.5. The van der Waals surface area contributed by atoms with Crippen molar-refractivity contribution in [3.8, 4) is 17.0 Å². The average molecular weight is 405 g/mol. The maximum atomic E-state index is 12.3. The normalized spacial score (nSPS) is 11.7. The van der Waals surface area contributed by atoms with E-state index in [9.17, 15) is 9.59 Å². The van der Waals surface area contributed by atoms with Crippen molar-refractivity contribution in [3.63, 3.8) is 0 Å². The van der Waals surface area contributed by atoms with E-state index in [0.717, 1.165) is 22.4 Å². The molecule has 1 heterocycles. The second-order valence-corrected chi connectivity index (χ2v) is 7.25. The van der Waals surface area contributed by atoms with E-state index in [1.165, 1.54) is 10.7 Å². The highest BCUT2D eigenvalue weighted by Gasteiger charge is 2.15. The molecule has 0 aliphatic heterocycles. The molecule has 0 saturated carbocycles. The van der Waals surface area contributed by atoms with Crippen LogP contribution in [0.4, 0.5) is 0 Å². The van der Waals surface area contributed by atoms with Gasteiger partial charge in [0.15, 0.2) is 6.10 Å². The summed E-state index contributed by atoms with van der Waals surface area (Å²) in [5.74, 6) is 0.528. The first-order valence-electron chi connectivity index (χ1n) is 10.1. The summed E-state index contributed by atoms with van der Waals surface area (Å²) in [5.41, 5.74) is 3.69. The molecule has 0 unspecified atom stereocenters. The van der Waals surface area contributed by atoms with Gasteiger partial charge in [-0.05, 0) is 50.5 Å². The first kappa shape index (κ1) is 21.3. The van der Waals surface area contributed by atoms with Crippen LogP contribution in [0, 0.1) is 13.8 Å². The van der Waals surface area contributed by atoms with Crippen molar-refractivity contribution in [2.45, 2.75) is 39.8 Å². The van der Waals surface area contributed by atoms with Gasteiger partial charge in [0.25, 0.3) is 11.5 Å². The molecule has 1 aromatic heterocycles. The number of aromatic nitrogens is 2. The highest BCUT2D eigenvalue weighted by Crippen LogP contribution is 2.21. The number of hydrogen-bond donors (Lipinski definition) is 1. The average Bonchev–Trinajstić information content (AvgIpc) is 2.76. The number of amides is 1. The van der Waals surface area contributed by atoms with Crippen molar-refractivity contribution < 1.29 is 9.53 Å². The third kappa shape index (κ3) is 5.35. The van der Waals surface area contributed by atoms with Crippen LogP contribution in [0.15, 0.2) is 65.5 Å². The first-order valence-corrected chi connectivity index (χ1v) is 10.1. The lowest BCUT2D eigenvalue weighted by Gasteiger charge is -2.17. The molecule has 2 aromatic carbocycles.